The molecule has 1 heterocycles. The summed E-state index contributed by atoms with van der Waals surface area (Å²) in [6.07, 6.45) is 2.02. The summed E-state index contributed by atoms with van der Waals surface area (Å²) in [5.74, 6) is 0. The quantitative estimate of drug-likeness (QED) is 0.790. The molecule has 0 amide bonds. The average Bonchev–Trinajstić information content (AvgIpc) is 2.17. The standard InChI is InChI=1S/C11H17NO2/c1-9(14-3)11(2,13)8-10-6-4-5-7-12-10/h4-7,9,13H,8H2,1-3H3. The highest BCUT2D eigenvalue weighted by molar-refractivity contribution is 5.07. The molecule has 0 aliphatic carbocycles. The van der Waals surface area contributed by atoms with Gasteiger partial charge in [-0.3, -0.25) is 4.98 Å². The number of aromatic nitrogens is 1. The summed E-state index contributed by atoms with van der Waals surface area (Å²) in [5, 5.41) is 10.1. The zero-order valence-electron chi connectivity index (χ0n) is 8.90. The summed E-state index contributed by atoms with van der Waals surface area (Å²) in [7, 11) is 1.59. The number of nitrogens with zero attached hydrogens (tertiary/aromatic N) is 1. The Hall–Kier alpha value is -0.930. The highest BCUT2D eigenvalue weighted by Gasteiger charge is 2.28. The smallest absolute Gasteiger partial charge is 0.0932 e. The first-order valence-electron chi connectivity index (χ1n) is 4.71. The summed E-state index contributed by atoms with van der Waals surface area (Å²) in [4.78, 5) is 4.17. The van der Waals surface area contributed by atoms with Gasteiger partial charge in [-0.2, -0.15) is 0 Å². The average molecular weight is 195 g/mol. The van der Waals surface area contributed by atoms with Crippen LogP contribution in [0.3, 0.4) is 0 Å². The third kappa shape index (κ3) is 2.79. The molecule has 1 aromatic heterocycles. The Morgan fingerprint density at radius 1 is 1.57 bits per heavy atom. The summed E-state index contributed by atoms with van der Waals surface area (Å²) in [6.45, 7) is 3.61. The van der Waals surface area contributed by atoms with Gasteiger partial charge in [0.2, 0.25) is 0 Å². The van der Waals surface area contributed by atoms with E-state index in [0.717, 1.165) is 5.69 Å². The summed E-state index contributed by atoms with van der Waals surface area (Å²) in [6, 6.07) is 5.67. The number of aliphatic hydroxyl groups is 1. The Morgan fingerprint density at radius 2 is 2.29 bits per heavy atom. The Bertz CT molecular complexity index is 272. The van der Waals surface area contributed by atoms with Crippen molar-refractivity contribution in [2.45, 2.75) is 32.0 Å². The Morgan fingerprint density at radius 3 is 2.79 bits per heavy atom. The lowest BCUT2D eigenvalue weighted by molar-refractivity contribution is -0.0720. The van der Waals surface area contributed by atoms with Crippen LogP contribution in [-0.2, 0) is 11.2 Å². The van der Waals surface area contributed by atoms with Gasteiger partial charge in [-0.1, -0.05) is 6.07 Å². The van der Waals surface area contributed by atoms with Gasteiger partial charge in [0, 0.05) is 25.4 Å². The molecule has 2 atom stereocenters. The van der Waals surface area contributed by atoms with Crippen LogP contribution in [0.25, 0.3) is 0 Å². The minimum atomic E-state index is -0.872. The van der Waals surface area contributed by atoms with Crippen LogP contribution >= 0.6 is 0 Å². The van der Waals surface area contributed by atoms with Crippen LogP contribution in [0.15, 0.2) is 24.4 Å². The molecule has 2 unspecified atom stereocenters. The summed E-state index contributed by atoms with van der Waals surface area (Å²) >= 11 is 0. The van der Waals surface area contributed by atoms with E-state index >= 15 is 0 Å². The van der Waals surface area contributed by atoms with Crippen LogP contribution in [0.2, 0.25) is 0 Å². The maximum atomic E-state index is 10.1. The first-order valence-corrected chi connectivity index (χ1v) is 4.71. The molecule has 0 bridgehead atoms. The monoisotopic (exact) mass is 195 g/mol. The van der Waals surface area contributed by atoms with Gasteiger partial charge in [0.1, 0.15) is 0 Å². The SMILES string of the molecule is COC(C)C(C)(O)Cc1ccccn1. The third-order valence-corrected chi connectivity index (χ3v) is 2.49. The lowest BCUT2D eigenvalue weighted by atomic mass is 9.94. The molecule has 0 radical (unpaired) electrons. The van der Waals surface area contributed by atoms with Crippen molar-refractivity contribution in [2.75, 3.05) is 7.11 Å². The zero-order chi connectivity index (χ0) is 10.6. The van der Waals surface area contributed by atoms with Crippen LogP contribution in [0, 0.1) is 0 Å². The Labute approximate surface area is 84.7 Å². The predicted molar refractivity (Wildman–Crippen MR) is 55.0 cm³/mol. The van der Waals surface area contributed by atoms with E-state index < -0.39 is 5.60 Å². The zero-order valence-corrected chi connectivity index (χ0v) is 8.90. The molecule has 0 fully saturated rings. The molecule has 1 rings (SSSR count). The molecule has 0 spiro atoms. The summed E-state index contributed by atoms with van der Waals surface area (Å²) in [5.41, 5.74) is 0.00438. The fourth-order valence-electron chi connectivity index (χ4n) is 1.27. The molecular formula is C11H17NO2. The number of hydrogen-bond acceptors (Lipinski definition) is 3. The van der Waals surface area contributed by atoms with Crippen molar-refractivity contribution >= 4 is 0 Å². The van der Waals surface area contributed by atoms with Gasteiger partial charge in [-0.25, -0.2) is 0 Å². The van der Waals surface area contributed by atoms with E-state index in [1.54, 1.807) is 20.2 Å². The van der Waals surface area contributed by atoms with E-state index in [4.69, 9.17) is 4.74 Å². The molecule has 3 nitrogen and oxygen atoms in total. The number of pyridine rings is 1. The summed E-state index contributed by atoms with van der Waals surface area (Å²) < 4.78 is 5.11. The Balaban J connectivity index is 2.68. The lowest BCUT2D eigenvalue weighted by Crippen LogP contribution is -2.40. The molecule has 0 aliphatic rings. The first-order chi connectivity index (χ1) is 6.56. The molecule has 0 aliphatic heterocycles. The van der Waals surface area contributed by atoms with Gasteiger partial charge in [0.15, 0.2) is 0 Å². The van der Waals surface area contributed by atoms with Gasteiger partial charge >= 0.3 is 0 Å². The molecule has 3 heteroatoms. The maximum Gasteiger partial charge on any atom is 0.0932 e. The first kappa shape index (κ1) is 11.1. The van der Waals surface area contributed by atoms with E-state index in [1.807, 2.05) is 25.1 Å². The molecule has 1 aromatic rings. The van der Waals surface area contributed by atoms with Crippen LogP contribution in [-0.4, -0.2) is 28.9 Å². The molecule has 1 N–H and O–H groups in total. The largest absolute Gasteiger partial charge is 0.387 e. The fraction of sp³-hybridized carbons (Fsp3) is 0.545. The van der Waals surface area contributed by atoms with Crippen LogP contribution in [0.5, 0.6) is 0 Å². The maximum absolute atomic E-state index is 10.1. The number of ether oxygens (including phenoxy) is 1. The van der Waals surface area contributed by atoms with Crippen molar-refractivity contribution in [1.29, 1.82) is 0 Å². The van der Waals surface area contributed by atoms with E-state index in [0.29, 0.717) is 6.42 Å². The van der Waals surface area contributed by atoms with Gasteiger partial charge in [-0.15, -0.1) is 0 Å². The van der Waals surface area contributed by atoms with Gasteiger partial charge in [-0.05, 0) is 26.0 Å². The highest BCUT2D eigenvalue weighted by Crippen LogP contribution is 2.17. The van der Waals surface area contributed by atoms with Crippen molar-refractivity contribution in [1.82, 2.24) is 4.98 Å². The number of rotatable bonds is 4. The van der Waals surface area contributed by atoms with Crippen molar-refractivity contribution in [2.24, 2.45) is 0 Å². The lowest BCUT2D eigenvalue weighted by Gasteiger charge is -2.28. The number of methoxy groups -OCH3 is 1. The molecular weight excluding hydrogens is 178 g/mol. The molecule has 0 saturated carbocycles. The highest BCUT2D eigenvalue weighted by atomic mass is 16.5. The van der Waals surface area contributed by atoms with E-state index in [1.165, 1.54) is 0 Å². The molecule has 78 valence electrons. The van der Waals surface area contributed by atoms with Gasteiger partial charge in [0.25, 0.3) is 0 Å². The molecule has 0 saturated heterocycles. The normalized spacial score (nSPS) is 17.4. The topological polar surface area (TPSA) is 42.4 Å². The van der Waals surface area contributed by atoms with Crippen molar-refractivity contribution in [3.8, 4) is 0 Å². The van der Waals surface area contributed by atoms with Gasteiger partial charge in [0.05, 0.1) is 11.7 Å². The van der Waals surface area contributed by atoms with E-state index in [-0.39, 0.29) is 6.10 Å². The number of hydrogen-bond donors (Lipinski definition) is 1. The van der Waals surface area contributed by atoms with Crippen molar-refractivity contribution in [3.05, 3.63) is 30.1 Å². The van der Waals surface area contributed by atoms with Gasteiger partial charge < -0.3 is 9.84 Å². The second-order valence-corrected chi connectivity index (χ2v) is 3.73. The van der Waals surface area contributed by atoms with Crippen molar-refractivity contribution < 1.29 is 9.84 Å². The minimum absolute atomic E-state index is 0.204. The van der Waals surface area contributed by atoms with Crippen LogP contribution in [0.4, 0.5) is 0 Å². The van der Waals surface area contributed by atoms with Crippen LogP contribution < -0.4 is 0 Å². The fourth-order valence-corrected chi connectivity index (χ4v) is 1.27. The Kier molecular flexibility index (Phi) is 3.61. The van der Waals surface area contributed by atoms with Crippen LogP contribution in [0.1, 0.15) is 19.5 Å². The minimum Gasteiger partial charge on any atom is -0.387 e. The molecule has 0 aromatic carbocycles. The molecule has 14 heavy (non-hydrogen) atoms. The second kappa shape index (κ2) is 4.53. The second-order valence-electron chi connectivity index (χ2n) is 3.73. The van der Waals surface area contributed by atoms with E-state index in [9.17, 15) is 5.11 Å². The van der Waals surface area contributed by atoms with Crippen molar-refractivity contribution in [3.63, 3.8) is 0 Å². The third-order valence-electron chi connectivity index (χ3n) is 2.49. The predicted octanol–water partition coefficient (Wildman–Crippen LogP) is 1.41. The van der Waals surface area contributed by atoms with E-state index in [2.05, 4.69) is 4.98 Å².